The van der Waals surface area contributed by atoms with Gasteiger partial charge in [-0.3, -0.25) is 19.7 Å². The number of thiazole rings is 1. The van der Waals surface area contributed by atoms with Crippen LogP contribution in [0, 0.1) is 11.8 Å². The van der Waals surface area contributed by atoms with Crippen LogP contribution in [0.15, 0.2) is 28.2 Å². The fourth-order valence-electron chi connectivity index (χ4n) is 3.15. The Morgan fingerprint density at radius 3 is 2.93 bits per heavy atom. The number of rotatable bonds is 7. The van der Waals surface area contributed by atoms with Crippen molar-refractivity contribution >= 4 is 34.2 Å². The van der Waals surface area contributed by atoms with Gasteiger partial charge in [0.25, 0.3) is 5.91 Å². The molecule has 0 radical (unpaired) electrons. The molecule has 9 heteroatoms. The number of anilines is 1. The van der Waals surface area contributed by atoms with Gasteiger partial charge in [0.2, 0.25) is 11.8 Å². The smallest absolute Gasteiger partial charge is 0.293 e. The van der Waals surface area contributed by atoms with Gasteiger partial charge in [0.05, 0.1) is 24.3 Å². The number of aromatic nitrogens is 1. The SMILES string of the molecule is CC(C)CNC(=O)[C@H]1CCCN(C(=O)Cc2csc(NC(=O)c3ccco3)n2)C1. The summed E-state index contributed by atoms with van der Waals surface area (Å²) in [7, 11) is 0. The summed E-state index contributed by atoms with van der Waals surface area (Å²) < 4.78 is 5.05. The number of amides is 3. The molecule has 0 spiro atoms. The second-order valence-corrected chi connectivity index (χ2v) is 8.43. The van der Waals surface area contributed by atoms with Crippen LogP contribution in [-0.4, -0.2) is 47.2 Å². The first kappa shape index (κ1) is 21.0. The zero-order chi connectivity index (χ0) is 20.8. The lowest BCUT2D eigenvalue weighted by molar-refractivity contribution is -0.135. The molecule has 156 valence electrons. The lowest BCUT2D eigenvalue weighted by Crippen LogP contribution is -2.46. The summed E-state index contributed by atoms with van der Waals surface area (Å²) in [5, 5.41) is 7.79. The van der Waals surface area contributed by atoms with Gasteiger partial charge in [0.15, 0.2) is 10.9 Å². The molecule has 8 nitrogen and oxygen atoms in total. The lowest BCUT2D eigenvalue weighted by atomic mass is 9.96. The van der Waals surface area contributed by atoms with Gasteiger partial charge in [-0.15, -0.1) is 11.3 Å². The third kappa shape index (κ3) is 5.90. The molecule has 2 aromatic heterocycles. The second kappa shape index (κ2) is 9.69. The minimum atomic E-state index is -0.381. The molecule has 0 unspecified atom stereocenters. The highest BCUT2D eigenvalue weighted by Crippen LogP contribution is 2.20. The molecule has 0 aliphatic carbocycles. The fraction of sp³-hybridized carbons (Fsp3) is 0.500. The van der Waals surface area contributed by atoms with Crippen LogP contribution in [0.25, 0.3) is 0 Å². The summed E-state index contributed by atoms with van der Waals surface area (Å²) in [6.07, 6.45) is 3.18. The number of nitrogens with zero attached hydrogens (tertiary/aromatic N) is 2. The van der Waals surface area contributed by atoms with E-state index >= 15 is 0 Å². The Kier molecular flexibility index (Phi) is 7.03. The number of furan rings is 1. The van der Waals surface area contributed by atoms with E-state index in [9.17, 15) is 14.4 Å². The largest absolute Gasteiger partial charge is 0.459 e. The maximum atomic E-state index is 12.7. The van der Waals surface area contributed by atoms with E-state index < -0.39 is 0 Å². The number of piperidine rings is 1. The highest BCUT2D eigenvalue weighted by molar-refractivity contribution is 7.14. The molecule has 0 bridgehead atoms. The van der Waals surface area contributed by atoms with Crippen molar-refractivity contribution in [3.05, 3.63) is 35.2 Å². The van der Waals surface area contributed by atoms with E-state index in [4.69, 9.17) is 4.42 Å². The van der Waals surface area contributed by atoms with Gasteiger partial charge in [-0.25, -0.2) is 4.98 Å². The van der Waals surface area contributed by atoms with E-state index in [1.165, 1.54) is 17.6 Å². The quantitative estimate of drug-likeness (QED) is 0.719. The first-order valence-corrected chi connectivity index (χ1v) is 10.6. The van der Waals surface area contributed by atoms with E-state index in [-0.39, 0.29) is 35.8 Å². The lowest BCUT2D eigenvalue weighted by Gasteiger charge is -2.32. The monoisotopic (exact) mass is 418 g/mol. The number of carbonyl (C=O) groups excluding carboxylic acids is 3. The average Bonchev–Trinajstić information content (AvgIpc) is 3.38. The number of hydrogen-bond donors (Lipinski definition) is 2. The van der Waals surface area contributed by atoms with Crippen molar-refractivity contribution in [2.24, 2.45) is 11.8 Å². The van der Waals surface area contributed by atoms with Crippen molar-refractivity contribution in [1.29, 1.82) is 0 Å². The van der Waals surface area contributed by atoms with Crippen LogP contribution < -0.4 is 10.6 Å². The third-order valence-corrected chi connectivity index (χ3v) is 5.49. The molecule has 1 saturated heterocycles. The summed E-state index contributed by atoms with van der Waals surface area (Å²) >= 11 is 1.26. The van der Waals surface area contributed by atoms with Crippen molar-refractivity contribution in [3.63, 3.8) is 0 Å². The Hall–Kier alpha value is -2.68. The Labute approximate surface area is 173 Å². The van der Waals surface area contributed by atoms with Gasteiger partial charge in [0, 0.05) is 25.0 Å². The first-order valence-electron chi connectivity index (χ1n) is 9.77. The van der Waals surface area contributed by atoms with E-state index in [1.54, 1.807) is 22.4 Å². The highest BCUT2D eigenvalue weighted by Gasteiger charge is 2.28. The summed E-state index contributed by atoms with van der Waals surface area (Å²) in [5.74, 6) is 0.0206. The number of likely N-dealkylation sites (tertiary alicyclic amines) is 1. The molecule has 3 heterocycles. The van der Waals surface area contributed by atoms with Gasteiger partial charge in [-0.1, -0.05) is 13.8 Å². The van der Waals surface area contributed by atoms with Crippen molar-refractivity contribution in [1.82, 2.24) is 15.2 Å². The number of carbonyl (C=O) groups is 3. The maximum Gasteiger partial charge on any atom is 0.293 e. The predicted octanol–water partition coefficient (Wildman–Crippen LogP) is 2.54. The Bertz CT molecular complexity index is 847. The standard InChI is InChI=1S/C20H26N4O4S/c1-13(2)10-21-18(26)14-5-3-7-24(11-14)17(25)9-15-12-29-20(22-15)23-19(27)16-6-4-8-28-16/h4,6,8,12-14H,3,5,7,9-11H2,1-2H3,(H,21,26)(H,22,23,27)/t14-/m0/s1. The topological polar surface area (TPSA) is 105 Å². The number of nitrogens with one attached hydrogen (secondary N) is 2. The second-order valence-electron chi connectivity index (χ2n) is 7.57. The van der Waals surface area contributed by atoms with E-state index in [0.717, 1.165) is 12.8 Å². The van der Waals surface area contributed by atoms with Crippen LogP contribution in [0.4, 0.5) is 5.13 Å². The van der Waals surface area contributed by atoms with Crippen LogP contribution in [0.2, 0.25) is 0 Å². The molecular weight excluding hydrogens is 392 g/mol. The average molecular weight is 419 g/mol. The van der Waals surface area contributed by atoms with E-state index in [1.807, 2.05) is 0 Å². The molecule has 2 N–H and O–H groups in total. The third-order valence-electron chi connectivity index (χ3n) is 4.68. The molecule has 1 fully saturated rings. The minimum absolute atomic E-state index is 0.0211. The molecule has 2 aromatic rings. The molecule has 0 saturated carbocycles. The molecule has 0 aromatic carbocycles. The minimum Gasteiger partial charge on any atom is -0.459 e. The molecule has 3 rings (SSSR count). The molecule has 1 atom stereocenters. The van der Waals surface area contributed by atoms with Gasteiger partial charge in [-0.2, -0.15) is 0 Å². The van der Waals surface area contributed by atoms with Crippen LogP contribution >= 0.6 is 11.3 Å². The normalized spacial score (nSPS) is 16.7. The van der Waals surface area contributed by atoms with Crippen LogP contribution in [0.5, 0.6) is 0 Å². The zero-order valence-corrected chi connectivity index (χ0v) is 17.5. The summed E-state index contributed by atoms with van der Waals surface area (Å²) in [5.41, 5.74) is 0.598. The number of hydrogen-bond acceptors (Lipinski definition) is 6. The molecule has 1 aliphatic rings. The van der Waals surface area contributed by atoms with Crippen molar-refractivity contribution in [2.45, 2.75) is 33.1 Å². The molecular formula is C20H26N4O4S. The molecule has 29 heavy (non-hydrogen) atoms. The maximum absolute atomic E-state index is 12.7. The Morgan fingerprint density at radius 2 is 2.21 bits per heavy atom. The fourth-order valence-corrected chi connectivity index (χ4v) is 3.85. The Morgan fingerprint density at radius 1 is 1.38 bits per heavy atom. The summed E-state index contributed by atoms with van der Waals surface area (Å²) in [6.45, 7) is 5.84. The van der Waals surface area contributed by atoms with E-state index in [0.29, 0.717) is 36.4 Å². The summed E-state index contributed by atoms with van der Waals surface area (Å²) in [6, 6.07) is 3.20. The molecule has 3 amide bonds. The Balaban J connectivity index is 1.51. The highest BCUT2D eigenvalue weighted by atomic mass is 32.1. The van der Waals surface area contributed by atoms with Crippen LogP contribution in [0.1, 0.15) is 42.9 Å². The molecule has 1 aliphatic heterocycles. The van der Waals surface area contributed by atoms with Gasteiger partial charge >= 0.3 is 0 Å². The van der Waals surface area contributed by atoms with Crippen LogP contribution in [-0.2, 0) is 16.0 Å². The van der Waals surface area contributed by atoms with Gasteiger partial charge in [0.1, 0.15) is 0 Å². The van der Waals surface area contributed by atoms with Crippen molar-refractivity contribution in [3.8, 4) is 0 Å². The van der Waals surface area contributed by atoms with E-state index in [2.05, 4.69) is 29.5 Å². The van der Waals surface area contributed by atoms with Gasteiger partial charge < -0.3 is 14.6 Å². The van der Waals surface area contributed by atoms with Crippen molar-refractivity contribution < 1.29 is 18.8 Å². The van der Waals surface area contributed by atoms with Gasteiger partial charge in [-0.05, 0) is 30.9 Å². The first-order chi connectivity index (χ1) is 13.9. The van der Waals surface area contributed by atoms with Crippen LogP contribution in [0.3, 0.4) is 0 Å². The zero-order valence-electron chi connectivity index (χ0n) is 16.6. The predicted molar refractivity (Wildman–Crippen MR) is 110 cm³/mol. The van der Waals surface area contributed by atoms with Crippen molar-refractivity contribution in [2.75, 3.05) is 25.0 Å². The summed E-state index contributed by atoms with van der Waals surface area (Å²) in [4.78, 5) is 43.1.